The number of carbonyl (C=O) groups is 3. The molecule has 1 heterocycles. The van der Waals surface area contributed by atoms with Gasteiger partial charge in [-0.15, -0.1) is 0 Å². The highest BCUT2D eigenvalue weighted by molar-refractivity contribution is 6.42. The highest BCUT2D eigenvalue weighted by Crippen LogP contribution is 2.28. The zero-order valence-corrected chi connectivity index (χ0v) is 20.1. The van der Waals surface area contributed by atoms with Crippen molar-refractivity contribution < 1.29 is 24.2 Å². The molecule has 2 aromatic rings. The second-order valence-electron chi connectivity index (χ2n) is 8.22. The largest absolute Gasteiger partial charge is 0.480 e. The third kappa shape index (κ3) is 8.51. The summed E-state index contributed by atoms with van der Waals surface area (Å²) >= 11 is 12.0. The normalized spacial score (nSPS) is 12.0. The van der Waals surface area contributed by atoms with Gasteiger partial charge in [-0.25, -0.2) is 19.6 Å². The predicted octanol–water partition coefficient (Wildman–Crippen LogP) is 4.56. The number of carboxylic acid groups (broad SMARTS) is 1. The number of unbranched alkanes of at least 4 members (excludes halogenated alkanes) is 1. The Bertz CT molecular complexity index is 997. The minimum atomic E-state index is -1.16. The van der Waals surface area contributed by atoms with E-state index in [0.29, 0.717) is 47.4 Å². The number of benzene rings is 1. The molecule has 2 amide bonds. The number of anilines is 1. The molecule has 2 rings (SSSR count). The summed E-state index contributed by atoms with van der Waals surface area (Å²) in [7, 11) is 0. The molecule has 0 saturated carbocycles. The third-order valence-corrected chi connectivity index (χ3v) is 5.16. The van der Waals surface area contributed by atoms with Gasteiger partial charge in [0, 0.05) is 18.2 Å². The van der Waals surface area contributed by atoms with Gasteiger partial charge in [0.1, 0.15) is 23.8 Å². The van der Waals surface area contributed by atoms with Crippen molar-refractivity contribution in [3.8, 4) is 11.3 Å². The number of aromatic nitrogens is 2. The summed E-state index contributed by atoms with van der Waals surface area (Å²) in [6.07, 6.45) is 2.32. The van der Waals surface area contributed by atoms with Crippen LogP contribution in [0.25, 0.3) is 11.3 Å². The fourth-order valence-electron chi connectivity index (χ4n) is 2.88. The van der Waals surface area contributed by atoms with Gasteiger partial charge in [0.25, 0.3) is 0 Å². The molecule has 0 fully saturated rings. The van der Waals surface area contributed by atoms with Crippen molar-refractivity contribution in [3.05, 3.63) is 40.6 Å². The smallest absolute Gasteiger partial charge is 0.408 e. The van der Waals surface area contributed by atoms with E-state index >= 15 is 0 Å². The van der Waals surface area contributed by atoms with Crippen LogP contribution in [0.5, 0.6) is 0 Å². The van der Waals surface area contributed by atoms with E-state index in [-0.39, 0.29) is 6.42 Å². The first kappa shape index (κ1) is 26.3. The van der Waals surface area contributed by atoms with Gasteiger partial charge in [0.15, 0.2) is 0 Å². The Balaban J connectivity index is 1.95. The number of carboxylic acids is 1. The quantitative estimate of drug-likeness (QED) is 0.365. The molecule has 0 aliphatic rings. The molecular weight excluding hydrogens is 471 g/mol. The zero-order chi connectivity index (χ0) is 24.6. The molecule has 2 N–H and O–H groups in total. The lowest BCUT2D eigenvalue weighted by atomic mass is 10.1. The van der Waals surface area contributed by atoms with Crippen LogP contribution in [0.2, 0.25) is 10.0 Å². The van der Waals surface area contributed by atoms with Crippen molar-refractivity contribution in [2.75, 3.05) is 11.4 Å². The van der Waals surface area contributed by atoms with Crippen molar-refractivity contribution in [3.63, 3.8) is 0 Å². The van der Waals surface area contributed by atoms with Crippen LogP contribution < -0.4 is 10.2 Å². The van der Waals surface area contributed by atoms with E-state index in [1.165, 1.54) is 11.2 Å². The summed E-state index contributed by atoms with van der Waals surface area (Å²) < 4.78 is 5.10. The Morgan fingerprint density at radius 2 is 1.91 bits per heavy atom. The first-order valence-electron chi connectivity index (χ1n) is 10.2. The molecule has 33 heavy (non-hydrogen) atoms. The maximum Gasteiger partial charge on any atom is 0.408 e. The highest BCUT2D eigenvalue weighted by atomic mass is 35.5. The number of hydrogen-bond donors (Lipinski definition) is 2. The lowest BCUT2D eigenvalue weighted by Gasteiger charge is -2.22. The lowest BCUT2D eigenvalue weighted by molar-refractivity contribution is -0.139. The Kier molecular flexibility index (Phi) is 9.43. The second-order valence-corrected chi connectivity index (χ2v) is 9.04. The fraction of sp³-hybridized carbons (Fsp3) is 0.409. The molecule has 178 valence electrons. The van der Waals surface area contributed by atoms with E-state index in [1.54, 1.807) is 45.0 Å². The van der Waals surface area contributed by atoms with Crippen LogP contribution in [-0.2, 0) is 14.3 Å². The Labute approximate surface area is 202 Å². The van der Waals surface area contributed by atoms with E-state index < -0.39 is 23.7 Å². The number of alkyl carbamates (subject to hydrolysis) is 1. The molecule has 9 nitrogen and oxygen atoms in total. The molecule has 1 aromatic carbocycles. The third-order valence-electron chi connectivity index (χ3n) is 4.42. The number of hydrogen-bond acceptors (Lipinski definition) is 6. The van der Waals surface area contributed by atoms with Crippen molar-refractivity contribution >= 4 is 47.5 Å². The maximum atomic E-state index is 11.9. The monoisotopic (exact) mass is 496 g/mol. The number of carbonyl (C=O) groups excluding carboxylic acids is 2. The first-order chi connectivity index (χ1) is 15.5. The number of aliphatic carboxylic acids is 1. The molecule has 0 bridgehead atoms. The van der Waals surface area contributed by atoms with Gasteiger partial charge in [0.05, 0.1) is 15.7 Å². The molecule has 0 spiro atoms. The van der Waals surface area contributed by atoms with Crippen molar-refractivity contribution in [2.24, 2.45) is 0 Å². The summed E-state index contributed by atoms with van der Waals surface area (Å²) in [5.41, 5.74) is 0.556. The lowest BCUT2D eigenvalue weighted by Crippen LogP contribution is -2.43. The summed E-state index contributed by atoms with van der Waals surface area (Å²) in [4.78, 5) is 44.7. The van der Waals surface area contributed by atoms with E-state index in [0.717, 1.165) is 5.56 Å². The van der Waals surface area contributed by atoms with Gasteiger partial charge >= 0.3 is 12.1 Å². The molecular formula is C22H26Cl2N4O5. The molecule has 0 radical (unpaired) electrons. The van der Waals surface area contributed by atoms with Gasteiger partial charge in [-0.3, -0.25) is 9.69 Å². The molecule has 0 aliphatic carbocycles. The summed E-state index contributed by atoms with van der Waals surface area (Å²) in [5.74, 6) is -0.766. The Morgan fingerprint density at radius 1 is 1.18 bits per heavy atom. The van der Waals surface area contributed by atoms with Crippen molar-refractivity contribution in [2.45, 2.75) is 51.7 Å². The number of nitrogens with zero attached hydrogens (tertiary/aromatic N) is 3. The Morgan fingerprint density at radius 3 is 2.52 bits per heavy atom. The fourth-order valence-corrected chi connectivity index (χ4v) is 3.17. The molecule has 11 heteroatoms. The van der Waals surface area contributed by atoms with Gasteiger partial charge in [-0.2, -0.15) is 0 Å². The molecule has 0 aliphatic heterocycles. The van der Waals surface area contributed by atoms with Crippen LogP contribution in [0.4, 0.5) is 10.6 Å². The van der Waals surface area contributed by atoms with Crippen LogP contribution in [0.1, 0.15) is 40.0 Å². The number of nitrogens with one attached hydrogen (secondary N) is 1. The molecule has 1 aromatic heterocycles. The first-order valence-corrected chi connectivity index (χ1v) is 11.0. The zero-order valence-electron chi connectivity index (χ0n) is 18.5. The van der Waals surface area contributed by atoms with Crippen LogP contribution in [-0.4, -0.2) is 51.7 Å². The van der Waals surface area contributed by atoms with Gasteiger partial charge < -0.3 is 15.2 Å². The molecule has 1 atom stereocenters. The standard InChI is InChI=1S/C22H26Cl2N4O5/c1-22(2,3)33-21(32)27-17(20(30)31)6-4-5-9-28(13-29)19-11-18(25-12-26-19)14-7-8-15(23)16(24)10-14/h7-8,10-13,17H,4-6,9H2,1-3H3,(H,27,32)(H,30,31)/t17-/m0/s1. The van der Waals surface area contributed by atoms with Crippen molar-refractivity contribution in [1.29, 1.82) is 0 Å². The van der Waals surface area contributed by atoms with E-state index in [4.69, 9.17) is 27.9 Å². The Hall–Kier alpha value is -2.91. The minimum absolute atomic E-state index is 0.180. The van der Waals surface area contributed by atoms with Crippen LogP contribution in [0, 0.1) is 0 Å². The van der Waals surface area contributed by atoms with Crippen molar-refractivity contribution in [1.82, 2.24) is 15.3 Å². The van der Waals surface area contributed by atoms with Gasteiger partial charge in [-0.05, 0) is 52.2 Å². The molecule has 0 unspecified atom stereocenters. The number of ether oxygens (including phenoxy) is 1. The number of rotatable bonds is 10. The number of amides is 2. The number of halogens is 2. The van der Waals surface area contributed by atoms with Gasteiger partial charge in [0.2, 0.25) is 6.41 Å². The second kappa shape index (κ2) is 11.8. The molecule has 0 saturated heterocycles. The average Bonchev–Trinajstić information content (AvgIpc) is 2.73. The van der Waals surface area contributed by atoms with E-state index in [9.17, 15) is 19.5 Å². The minimum Gasteiger partial charge on any atom is -0.480 e. The summed E-state index contributed by atoms with van der Waals surface area (Å²) in [6, 6.07) is 5.64. The maximum absolute atomic E-state index is 11.9. The SMILES string of the molecule is CC(C)(C)OC(=O)N[C@@H](CCCCN(C=O)c1cc(-c2ccc(Cl)c(Cl)c2)ncn1)C(=O)O. The average molecular weight is 497 g/mol. The van der Waals surface area contributed by atoms with Crippen LogP contribution in [0.3, 0.4) is 0 Å². The van der Waals surface area contributed by atoms with Gasteiger partial charge in [-0.1, -0.05) is 29.3 Å². The topological polar surface area (TPSA) is 122 Å². The van der Waals surface area contributed by atoms with E-state index in [2.05, 4.69) is 15.3 Å². The summed E-state index contributed by atoms with van der Waals surface area (Å²) in [5, 5.41) is 12.5. The van der Waals surface area contributed by atoms with Crippen LogP contribution >= 0.6 is 23.2 Å². The highest BCUT2D eigenvalue weighted by Gasteiger charge is 2.23. The predicted molar refractivity (Wildman–Crippen MR) is 126 cm³/mol. The summed E-state index contributed by atoms with van der Waals surface area (Å²) in [6.45, 7) is 5.38. The van der Waals surface area contributed by atoms with Crippen LogP contribution in [0.15, 0.2) is 30.6 Å². The van der Waals surface area contributed by atoms with E-state index in [1.807, 2.05) is 0 Å².